The molecular weight excluding hydrogens is 282 g/mol. The SMILES string of the molecule is CCOC(=O)[C@@H]1C(=O)C(=O)O[C@H]1C(Cl)(Cl)Cl. The van der Waals surface area contributed by atoms with Gasteiger partial charge in [-0.25, -0.2) is 4.79 Å². The summed E-state index contributed by atoms with van der Waals surface area (Å²) in [5.74, 6) is -4.71. The molecule has 0 amide bonds. The molecule has 0 aromatic rings. The van der Waals surface area contributed by atoms with Gasteiger partial charge in [0.25, 0.3) is 5.78 Å². The van der Waals surface area contributed by atoms with Crippen LogP contribution in [0.4, 0.5) is 0 Å². The Hall–Kier alpha value is -0.520. The molecule has 1 aliphatic heterocycles. The Morgan fingerprint density at radius 1 is 1.44 bits per heavy atom. The van der Waals surface area contributed by atoms with E-state index >= 15 is 0 Å². The highest BCUT2D eigenvalue weighted by atomic mass is 35.6. The van der Waals surface area contributed by atoms with Gasteiger partial charge in [0.15, 0.2) is 12.0 Å². The fraction of sp³-hybridized carbons (Fsp3) is 0.625. The first-order chi connectivity index (χ1) is 7.29. The number of rotatable bonds is 2. The fourth-order valence-electron chi connectivity index (χ4n) is 1.22. The average Bonchev–Trinajstić information content (AvgIpc) is 2.43. The predicted octanol–water partition coefficient (Wildman–Crippen LogP) is 1.03. The molecule has 1 rings (SSSR count). The topological polar surface area (TPSA) is 69.7 Å². The van der Waals surface area contributed by atoms with Crippen molar-refractivity contribution >= 4 is 52.5 Å². The maximum atomic E-state index is 11.4. The molecule has 0 unspecified atom stereocenters. The van der Waals surface area contributed by atoms with Gasteiger partial charge < -0.3 is 9.47 Å². The molecule has 0 aliphatic carbocycles. The van der Waals surface area contributed by atoms with Gasteiger partial charge in [-0.2, -0.15) is 0 Å². The number of carbonyl (C=O) groups excluding carboxylic acids is 3. The predicted molar refractivity (Wildman–Crippen MR) is 55.3 cm³/mol. The number of hydrogen-bond donors (Lipinski definition) is 0. The third kappa shape index (κ3) is 2.59. The summed E-state index contributed by atoms with van der Waals surface area (Å²) in [5, 5.41) is 0. The fourth-order valence-corrected chi connectivity index (χ4v) is 1.74. The highest BCUT2D eigenvalue weighted by molar-refractivity contribution is 6.68. The van der Waals surface area contributed by atoms with E-state index in [2.05, 4.69) is 9.47 Å². The van der Waals surface area contributed by atoms with Gasteiger partial charge in [0, 0.05) is 0 Å². The van der Waals surface area contributed by atoms with Crippen molar-refractivity contribution in [1.82, 2.24) is 0 Å². The molecule has 2 atom stereocenters. The van der Waals surface area contributed by atoms with Crippen LogP contribution in [0.5, 0.6) is 0 Å². The quantitative estimate of drug-likeness (QED) is 0.329. The van der Waals surface area contributed by atoms with Crippen LogP contribution in [0.3, 0.4) is 0 Å². The normalized spacial score (nSPS) is 25.5. The van der Waals surface area contributed by atoms with Crippen LogP contribution in [0.1, 0.15) is 6.92 Å². The number of esters is 2. The summed E-state index contributed by atoms with van der Waals surface area (Å²) in [6.07, 6.45) is -1.45. The molecule has 1 aliphatic rings. The standard InChI is InChI=1S/C8H7Cl3O5/c1-2-15-6(13)3-4(12)7(14)16-5(3)8(9,10)11/h3,5H,2H2,1H3/t3-,5-/m1/s1. The number of ketones is 1. The summed E-state index contributed by atoms with van der Waals surface area (Å²) in [6.45, 7) is 1.59. The Kier molecular flexibility index (Phi) is 4.04. The zero-order valence-electron chi connectivity index (χ0n) is 8.04. The molecule has 1 heterocycles. The van der Waals surface area contributed by atoms with Gasteiger partial charge in [0.2, 0.25) is 3.79 Å². The molecule has 1 fully saturated rings. The maximum absolute atomic E-state index is 11.4. The largest absolute Gasteiger partial charge is 0.465 e. The Morgan fingerprint density at radius 3 is 2.44 bits per heavy atom. The van der Waals surface area contributed by atoms with Crippen LogP contribution in [0.25, 0.3) is 0 Å². The first-order valence-electron chi connectivity index (χ1n) is 4.27. The minimum Gasteiger partial charge on any atom is -0.465 e. The summed E-state index contributed by atoms with van der Waals surface area (Å²) < 4.78 is 7.08. The summed E-state index contributed by atoms with van der Waals surface area (Å²) >= 11 is 16.5. The Balaban J connectivity index is 2.97. The molecule has 5 nitrogen and oxygen atoms in total. The molecule has 0 aromatic heterocycles. The number of carbonyl (C=O) groups is 3. The van der Waals surface area contributed by atoms with Crippen LogP contribution >= 0.6 is 34.8 Å². The van der Waals surface area contributed by atoms with Gasteiger partial charge in [-0.3, -0.25) is 9.59 Å². The Morgan fingerprint density at radius 2 is 2.00 bits per heavy atom. The highest BCUT2D eigenvalue weighted by Crippen LogP contribution is 2.40. The van der Waals surface area contributed by atoms with E-state index in [1.807, 2.05) is 0 Å². The van der Waals surface area contributed by atoms with Gasteiger partial charge >= 0.3 is 11.9 Å². The molecular formula is C8H7Cl3O5. The Bertz CT molecular complexity index is 335. The molecule has 0 spiro atoms. The van der Waals surface area contributed by atoms with Crippen molar-refractivity contribution in [2.45, 2.75) is 16.8 Å². The molecule has 0 N–H and O–H groups in total. The number of ether oxygens (including phenoxy) is 2. The number of alkyl halides is 3. The molecule has 0 radical (unpaired) electrons. The summed E-state index contributed by atoms with van der Waals surface area (Å²) in [7, 11) is 0. The maximum Gasteiger partial charge on any atom is 0.376 e. The lowest BCUT2D eigenvalue weighted by molar-refractivity contribution is -0.152. The van der Waals surface area contributed by atoms with Crippen molar-refractivity contribution in [1.29, 1.82) is 0 Å². The van der Waals surface area contributed by atoms with Crippen molar-refractivity contribution in [2.75, 3.05) is 6.61 Å². The van der Waals surface area contributed by atoms with Crippen LogP contribution in [0, 0.1) is 5.92 Å². The minimum absolute atomic E-state index is 0.0450. The van der Waals surface area contributed by atoms with Crippen molar-refractivity contribution in [3.8, 4) is 0 Å². The van der Waals surface area contributed by atoms with Gasteiger partial charge in [-0.05, 0) is 6.92 Å². The van der Waals surface area contributed by atoms with Crippen molar-refractivity contribution in [3.05, 3.63) is 0 Å². The second-order valence-corrected chi connectivity index (χ2v) is 5.33. The molecule has 0 aromatic carbocycles. The van der Waals surface area contributed by atoms with E-state index in [0.29, 0.717) is 0 Å². The van der Waals surface area contributed by atoms with Crippen molar-refractivity contribution in [3.63, 3.8) is 0 Å². The number of cyclic esters (lactones) is 1. The first-order valence-corrected chi connectivity index (χ1v) is 5.40. The molecule has 16 heavy (non-hydrogen) atoms. The van der Waals surface area contributed by atoms with E-state index < -0.39 is 33.5 Å². The van der Waals surface area contributed by atoms with Crippen molar-refractivity contribution < 1.29 is 23.9 Å². The highest BCUT2D eigenvalue weighted by Gasteiger charge is 2.57. The van der Waals surface area contributed by atoms with Gasteiger partial charge in [0.1, 0.15) is 0 Å². The van der Waals surface area contributed by atoms with Crippen LogP contribution < -0.4 is 0 Å². The zero-order chi connectivity index (χ0) is 12.5. The third-order valence-electron chi connectivity index (χ3n) is 1.88. The van der Waals surface area contributed by atoms with Gasteiger partial charge in [-0.15, -0.1) is 0 Å². The zero-order valence-corrected chi connectivity index (χ0v) is 10.3. The van der Waals surface area contributed by atoms with Gasteiger partial charge in [0.05, 0.1) is 6.61 Å². The first kappa shape index (κ1) is 13.5. The van der Waals surface area contributed by atoms with E-state index in [1.54, 1.807) is 6.92 Å². The minimum atomic E-state index is -2.06. The lowest BCUT2D eigenvalue weighted by Crippen LogP contribution is -2.38. The van der Waals surface area contributed by atoms with Crippen LogP contribution in [-0.4, -0.2) is 34.2 Å². The Labute approximate surface area is 106 Å². The van der Waals surface area contributed by atoms with Crippen LogP contribution in [0.15, 0.2) is 0 Å². The molecule has 0 bridgehead atoms. The number of halogens is 3. The molecule has 1 saturated heterocycles. The second kappa shape index (κ2) is 4.77. The van der Waals surface area contributed by atoms with E-state index in [4.69, 9.17) is 34.8 Å². The summed E-state index contributed by atoms with van der Waals surface area (Å²) in [6, 6.07) is 0. The van der Waals surface area contributed by atoms with Crippen LogP contribution in [0.2, 0.25) is 0 Å². The second-order valence-electron chi connectivity index (χ2n) is 2.96. The van der Waals surface area contributed by atoms with Gasteiger partial charge in [-0.1, -0.05) is 34.8 Å². The molecule has 8 heteroatoms. The summed E-state index contributed by atoms with van der Waals surface area (Å²) in [4.78, 5) is 33.7. The van der Waals surface area contributed by atoms with E-state index in [1.165, 1.54) is 0 Å². The smallest absolute Gasteiger partial charge is 0.376 e. The number of Topliss-reactive ketones (excluding diaryl/α,β-unsaturated/α-hetero) is 1. The average molecular weight is 289 g/mol. The number of hydrogen-bond acceptors (Lipinski definition) is 5. The molecule has 0 saturated carbocycles. The third-order valence-corrected chi connectivity index (χ3v) is 2.53. The summed E-state index contributed by atoms with van der Waals surface area (Å²) in [5.41, 5.74) is 0. The van der Waals surface area contributed by atoms with E-state index in [-0.39, 0.29) is 6.61 Å². The van der Waals surface area contributed by atoms with Crippen LogP contribution in [-0.2, 0) is 23.9 Å². The van der Waals surface area contributed by atoms with E-state index in [0.717, 1.165) is 0 Å². The van der Waals surface area contributed by atoms with E-state index in [9.17, 15) is 14.4 Å². The monoisotopic (exact) mass is 288 g/mol. The van der Waals surface area contributed by atoms with Crippen molar-refractivity contribution in [2.24, 2.45) is 5.92 Å². The lowest BCUT2D eigenvalue weighted by atomic mass is 10.0. The lowest BCUT2D eigenvalue weighted by Gasteiger charge is -2.21. The molecule has 90 valence electrons.